The van der Waals surface area contributed by atoms with Crippen LogP contribution in [0.5, 0.6) is 5.75 Å². The van der Waals surface area contributed by atoms with E-state index in [0.29, 0.717) is 17.1 Å². The molecular formula is C22H15N3O3. The van der Waals surface area contributed by atoms with Gasteiger partial charge >= 0.3 is 5.97 Å². The molecule has 6 heteroatoms. The summed E-state index contributed by atoms with van der Waals surface area (Å²) in [4.78, 5) is 24.2. The molecule has 0 bridgehead atoms. The van der Waals surface area contributed by atoms with Crippen molar-refractivity contribution in [2.24, 2.45) is 0 Å². The molecule has 0 unspecified atom stereocenters. The Hall–Kier alpha value is -3.93. The molecule has 2 aromatic carbocycles. The Morgan fingerprint density at radius 2 is 1.86 bits per heavy atom. The Morgan fingerprint density at radius 3 is 2.68 bits per heavy atom. The maximum Gasteiger partial charge on any atom is 0.354 e. The smallest absolute Gasteiger partial charge is 0.354 e. The van der Waals surface area contributed by atoms with Crippen LogP contribution in [0.4, 0.5) is 0 Å². The van der Waals surface area contributed by atoms with Gasteiger partial charge in [0.05, 0.1) is 23.8 Å². The van der Waals surface area contributed by atoms with Crippen LogP contribution in [0.2, 0.25) is 0 Å². The largest absolute Gasteiger partial charge is 0.497 e. The number of aromatic carboxylic acids is 1. The number of aromatic nitrogens is 3. The van der Waals surface area contributed by atoms with Crippen LogP contribution >= 0.6 is 0 Å². The maximum absolute atomic E-state index is 11.7. The molecule has 0 fully saturated rings. The van der Waals surface area contributed by atoms with Gasteiger partial charge in [-0.2, -0.15) is 0 Å². The molecule has 5 rings (SSSR count). The number of carbonyl (C=O) groups is 1. The van der Waals surface area contributed by atoms with Gasteiger partial charge in [0.25, 0.3) is 0 Å². The van der Waals surface area contributed by atoms with Crippen molar-refractivity contribution < 1.29 is 14.6 Å². The first kappa shape index (κ1) is 16.3. The molecule has 0 spiro atoms. The third-order valence-corrected chi connectivity index (χ3v) is 4.86. The standard InChI is InChI=1S/C22H15N3O3/c1-28-13-7-9-17-14(10-13)15-11-19(22(26)27)25-21(20(15)24-17)18-8-6-12-4-2-3-5-16(12)23-18/h2-11,24H,1H3,(H,26,27). The van der Waals surface area contributed by atoms with E-state index >= 15 is 0 Å². The molecule has 0 atom stereocenters. The summed E-state index contributed by atoms with van der Waals surface area (Å²) in [6.45, 7) is 0. The van der Waals surface area contributed by atoms with E-state index in [-0.39, 0.29) is 5.69 Å². The fourth-order valence-corrected chi connectivity index (χ4v) is 3.49. The van der Waals surface area contributed by atoms with Crippen molar-refractivity contribution in [1.29, 1.82) is 0 Å². The first-order chi connectivity index (χ1) is 13.6. The van der Waals surface area contributed by atoms with Crippen molar-refractivity contribution in [3.63, 3.8) is 0 Å². The SMILES string of the molecule is COc1ccc2[nH]c3c(-c4ccc5ccccc5n4)nc(C(=O)O)cc3c2c1. The molecule has 3 aromatic heterocycles. The van der Waals surface area contributed by atoms with Crippen LogP contribution in [0.3, 0.4) is 0 Å². The Bertz CT molecular complexity index is 1390. The van der Waals surface area contributed by atoms with Crippen molar-refractivity contribution in [2.75, 3.05) is 7.11 Å². The van der Waals surface area contributed by atoms with E-state index in [1.165, 1.54) is 0 Å². The number of nitrogens with one attached hydrogen (secondary N) is 1. The van der Waals surface area contributed by atoms with Crippen molar-refractivity contribution in [2.45, 2.75) is 0 Å². The average Bonchev–Trinajstić information content (AvgIpc) is 3.10. The van der Waals surface area contributed by atoms with E-state index in [4.69, 9.17) is 9.72 Å². The molecule has 0 aliphatic heterocycles. The fourth-order valence-electron chi connectivity index (χ4n) is 3.49. The van der Waals surface area contributed by atoms with Crippen molar-refractivity contribution >= 4 is 38.7 Å². The van der Waals surface area contributed by atoms with Crippen molar-refractivity contribution in [3.05, 3.63) is 66.4 Å². The summed E-state index contributed by atoms with van der Waals surface area (Å²) in [7, 11) is 1.60. The zero-order chi connectivity index (χ0) is 19.3. The average molecular weight is 369 g/mol. The third kappa shape index (κ3) is 2.46. The van der Waals surface area contributed by atoms with Crippen LogP contribution in [0.1, 0.15) is 10.5 Å². The number of benzene rings is 2. The van der Waals surface area contributed by atoms with Gasteiger partial charge in [0.15, 0.2) is 0 Å². The highest BCUT2D eigenvalue weighted by molar-refractivity contribution is 6.13. The summed E-state index contributed by atoms with van der Waals surface area (Å²) >= 11 is 0. The number of fused-ring (bicyclic) bond motifs is 4. The Labute approximate surface area is 159 Å². The normalized spacial score (nSPS) is 11.3. The minimum absolute atomic E-state index is 0.0267. The van der Waals surface area contributed by atoms with Crippen molar-refractivity contribution in [3.8, 4) is 17.1 Å². The highest BCUT2D eigenvalue weighted by Gasteiger charge is 2.18. The number of pyridine rings is 2. The second kappa shape index (κ2) is 6.06. The summed E-state index contributed by atoms with van der Waals surface area (Å²) in [6.07, 6.45) is 0. The van der Waals surface area contributed by atoms with Crippen LogP contribution in [0.25, 0.3) is 44.1 Å². The van der Waals surface area contributed by atoms with Gasteiger partial charge in [0, 0.05) is 21.7 Å². The number of aromatic amines is 1. The van der Waals surface area contributed by atoms with E-state index < -0.39 is 5.97 Å². The van der Waals surface area contributed by atoms with E-state index in [1.54, 1.807) is 13.2 Å². The molecule has 6 nitrogen and oxygen atoms in total. The number of para-hydroxylation sites is 1. The molecule has 0 radical (unpaired) electrons. The summed E-state index contributed by atoms with van der Waals surface area (Å²) in [5.41, 5.74) is 3.55. The van der Waals surface area contributed by atoms with Crippen LogP contribution in [-0.4, -0.2) is 33.1 Å². The zero-order valence-electron chi connectivity index (χ0n) is 14.9. The quantitative estimate of drug-likeness (QED) is 0.484. The Balaban J connectivity index is 1.86. The van der Waals surface area contributed by atoms with Crippen LogP contribution < -0.4 is 4.74 Å². The van der Waals surface area contributed by atoms with Crippen LogP contribution in [-0.2, 0) is 0 Å². The Kier molecular flexibility index (Phi) is 3.52. The summed E-state index contributed by atoms with van der Waals surface area (Å²) < 4.78 is 5.32. The molecule has 28 heavy (non-hydrogen) atoms. The van der Waals surface area contributed by atoms with E-state index in [1.807, 2.05) is 54.6 Å². The summed E-state index contributed by atoms with van der Waals surface area (Å²) in [5.74, 6) is -0.381. The number of rotatable bonds is 3. The lowest BCUT2D eigenvalue weighted by atomic mass is 10.1. The van der Waals surface area contributed by atoms with Gasteiger partial charge in [-0.15, -0.1) is 0 Å². The van der Waals surface area contributed by atoms with E-state index in [2.05, 4.69) is 9.97 Å². The highest BCUT2D eigenvalue weighted by atomic mass is 16.5. The van der Waals surface area contributed by atoms with Crippen LogP contribution in [0.15, 0.2) is 60.7 Å². The van der Waals surface area contributed by atoms with Gasteiger partial charge in [0.2, 0.25) is 0 Å². The lowest BCUT2D eigenvalue weighted by Gasteiger charge is -2.06. The molecule has 0 amide bonds. The van der Waals surface area contributed by atoms with Crippen LogP contribution in [0, 0.1) is 0 Å². The number of hydrogen-bond acceptors (Lipinski definition) is 4. The molecule has 136 valence electrons. The first-order valence-electron chi connectivity index (χ1n) is 8.74. The van der Waals surface area contributed by atoms with E-state index in [0.717, 1.165) is 32.7 Å². The number of nitrogens with zero attached hydrogens (tertiary/aromatic N) is 2. The first-order valence-corrected chi connectivity index (χ1v) is 8.74. The van der Waals surface area contributed by atoms with Crippen molar-refractivity contribution in [1.82, 2.24) is 15.0 Å². The second-order valence-electron chi connectivity index (χ2n) is 6.51. The monoisotopic (exact) mass is 369 g/mol. The van der Waals surface area contributed by atoms with E-state index in [9.17, 15) is 9.90 Å². The third-order valence-electron chi connectivity index (χ3n) is 4.86. The number of carboxylic acids is 1. The lowest BCUT2D eigenvalue weighted by Crippen LogP contribution is -2.02. The number of carboxylic acid groups (broad SMARTS) is 1. The molecule has 5 aromatic rings. The number of hydrogen-bond donors (Lipinski definition) is 2. The zero-order valence-corrected chi connectivity index (χ0v) is 14.9. The molecule has 0 saturated heterocycles. The molecule has 0 aliphatic rings. The topological polar surface area (TPSA) is 88.1 Å². The predicted octanol–water partition coefficient (Wildman–Crippen LogP) is 4.64. The number of ether oxygens (including phenoxy) is 1. The molecular weight excluding hydrogens is 354 g/mol. The summed E-state index contributed by atoms with van der Waals surface area (Å²) in [6, 6.07) is 18.8. The summed E-state index contributed by atoms with van der Waals surface area (Å²) in [5, 5.41) is 12.2. The van der Waals surface area contributed by atoms with Gasteiger partial charge in [0.1, 0.15) is 17.1 Å². The minimum atomic E-state index is -1.08. The van der Waals surface area contributed by atoms with Gasteiger partial charge < -0.3 is 14.8 Å². The molecule has 3 heterocycles. The fraction of sp³-hybridized carbons (Fsp3) is 0.0455. The molecule has 0 saturated carbocycles. The van der Waals surface area contributed by atoms with Gasteiger partial charge in [-0.1, -0.05) is 24.3 Å². The molecule has 0 aliphatic carbocycles. The lowest BCUT2D eigenvalue weighted by molar-refractivity contribution is 0.0691. The predicted molar refractivity (Wildman–Crippen MR) is 108 cm³/mol. The van der Waals surface area contributed by atoms with Gasteiger partial charge in [-0.05, 0) is 36.4 Å². The highest BCUT2D eigenvalue weighted by Crippen LogP contribution is 2.34. The minimum Gasteiger partial charge on any atom is -0.497 e. The van der Waals surface area contributed by atoms with Gasteiger partial charge in [-0.3, -0.25) is 0 Å². The maximum atomic E-state index is 11.7. The number of H-pyrrole nitrogens is 1. The molecule has 2 N–H and O–H groups in total. The second-order valence-corrected chi connectivity index (χ2v) is 6.51. The van der Waals surface area contributed by atoms with Gasteiger partial charge in [-0.25, -0.2) is 14.8 Å². The Morgan fingerprint density at radius 1 is 1.00 bits per heavy atom. The number of methoxy groups -OCH3 is 1.